The molecule has 79 heavy (non-hydrogen) atoms. The van der Waals surface area contributed by atoms with Crippen molar-refractivity contribution in [1.29, 1.82) is 0 Å². The summed E-state index contributed by atoms with van der Waals surface area (Å²) in [6.07, 6.45) is -34.5. The van der Waals surface area contributed by atoms with Crippen LogP contribution in [-0.4, -0.2) is 180 Å². The molecule has 0 fully saturated rings. The Morgan fingerprint density at radius 3 is 0.557 bits per heavy atom. The lowest BCUT2D eigenvalue weighted by atomic mass is 9.85. The molecular weight excluding hydrogens is 1260 g/mol. The summed E-state index contributed by atoms with van der Waals surface area (Å²) in [4.78, 5) is 0. The van der Waals surface area contributed by atoms with Crippen LogP contribution < -0.4 is 0 Å². The van der Waals surface area contributed by atoms with Gasteiger partial charge < -0.3 is 24.4 Å². The number of alkyl halides is 42. The van der Waals surface area contributed by atoms with Crippen molar-refractivity contribution in [3.05, 3.63) is 0 Å². The van der Waals surface area contributed by atoms with E-state index in [0.29, 0.717) is 13.8 Å². The second-order valence-corrected chi connectivity index (χ2v) is 16.1. The van der Waals surface area contributed by atoms with Gasteiger partial charge in [0.25, 0.3) is 0 Å². The third-order valence-corrected chi connectivity index (χ3v) is 9.99. The molecule has 0 heterocycles. The zero-order valence-electron chi connectivity index (χ0n) is 36.5. The van der Waals surface area contributed by atoms with Crippen LogP contribution in [0.5, 0.6) is 0 Å². The van der Waals surface area contributed by atoms with Crippen LogP contribution in [0.25, 0.3) is 0 Å². The molecule has 0 rings (SSSR count). The number of aliphatic hydroxyl groups excluding tert-OH is 2. The molecule has 0 saturated carbocycles. The van der Waals surface area contributed by atoms with Gasteiger partial charge in [0.1, 0.15) is 0 Å². The number of halogens is 42. The van der Waals surface area contributed by atoms with Gasteiger partial charge in [-0.3, -0.25) is 0 Å². The minimum absolute atomic E-state index is 0.585. The van der Waals surface area contributed by atoms with E-state index in [-0.39, 0.29) is 0 Å². The fourth-order valence-corrected chi connectivity index (χ4v) is 5.19. The normalized spacial score (nSPS) is 18.0. The molecule has 0 aromatic carbocycles. The molecule has 0 spiro atoms. The fraction of sp³-hybridized carbons (Fsp3) is 1.00. The van der Waals surface area contributed by atoms with E-state index >= 15 is 0 Å². The molecule has 0 amide bonds. The minimum atomic E-state index is -9.47. The Kier molecular flexibility index (Phi) is 20.6. The number of ether oxygens (including phenoxy) is 3. The molecule has 0 aliphatic heterocycles. The van der Waals surface area contributed by atoms with Crippen LogP contribution in [-0.2, 0) is 14.2 Å². The summed E-state index contributed by atoms with van der Waals surface area (Å²) < 4.78 is 583. The average molecular weight is 1290 g/mol. The van der Waals surface area contributed by atoms with E-state index in [9.17, 15) is 195 Å². The van der Waals surface area contributed by atoms with Gasteiger partial charge in [-0.05, 0) is 13.8 Å². The molecule has 0 aromatic heterocycles. The van der Waals surface area contributed by atoms with E-state index in [4.69, 9.17) is 0 Å². The van der Waals surface area contributed by atoms with Gasteiger partial charge in [-0.2, -0.15) is 184 Å². The van der Waals surface area contributed by atoms with E-state index in [1.165, 1.54) is 0 Å². The van der Waals surface area contributed by atoms with Crippen LogP contribution in [0.3, 0.4) is 0 Å². The van der Waals surface area contributed by atoms with Crippen molar-refractivity contribution in [2.24, 2.45) is 0 Å². The SMILES string of the molecule is CC(COCC(C)OCC(O)CC(F)(F)C(F)(F)C(F)(F)C(F)(F)C(F)(F)C(F)(F)C(F)(F)C(F)(F)C(F)(F)C(F)(F)F)OCC(O)CC(F)(F)C(F)(F)C(F)(F)C(F)(F)C(F)(F)C(F)(F)C(F)(F)C(F)(F)C(F)(F)C(F)(F)F. The molecule has 2 N–H and O–H groups in total. The highest BCUT2D eigenvalue weighted by Gasteiger charge is 3.00. The van der Waals surface area contributed by atoms with Crippen molar-refractivity contribution in [3.63, 3.8) is 0 Å². The number of hydrogen-bond acceptors (Lipinski definition) is 5. The third kappa shape index (κ3) is 11.6. The molecule has 4 unspecified atom stereocenters. The maximum Gasteiger partial charge on any atom is 0.460 e. The highest BCUT2D eigenvalue weighted by molar-refractivity contribution is 5.20. The lowest BCUT2D eigenvalue weighted by Crippen LogP contribution is -2.76. The Balaban J connectivity index is 5.99. The maximum absolute atomic E-state index is 14.2. The summed E-state index contributed by atoms with van der Waals surface area (Å²) in [7, 11) is 0. The van der Waals surface area contributed by atoms with Crippen molar-refractivity contribution >= 4 is 0 Å². The largest absolute Gasteiger partial charge is 0.460 e. The highest BCUT2D eigenvalue weighted by atomic mass is 19.5. The monoisotopic (exact) mass is 1290 g/mol. The molecule has 0 aliphatic rings. The van der Waals surface area contributed by atoms with Crippen LogP contribution in [0.1, 0.15) is 26.7 Å². The van der Waals surface area contributed by atoms with E-state index in [1.54, 1.807) is 0 Å². The van der Waals surface area contributed by atoms with Crippen LogP contribution in [0.4, 0.5) is 184 Å². The number of aliphatic hydroxyl groups is 2. The standard InChI is InChI=1S/C32H24F42O5/c1-9(78-7-11(75)3-13(33,34)15(37,38)17(41,42)19(45,46)21(49,50)23(53,54)25(57,58)27(61,62)29(65,66)31(69,70)71)5-77-6-10(2)79-8-12(76)4-14(35,36)16(39,40)18(43,44)20(47,48)22(51,52)24(55,56)26(59,60)28(63,64)30(67,68)32(72,73)74/h9-12,75-76H,3-8H2,1-2H3. The number of hydrogen-bond donors (Lipinski definition) is 2. The molecule has 0 radical (unpaired) electrons. The Bertz CT molecular complexity index is 1880. The topological polar surface area (TPSA) is 68.2 Å². The lowest BCUT2D eigenvalue weighted by Gasteiger charge is -2.44. The molecule has 0 aromatic rings. The first-order valence-electron chi connectivity index (χ1n) is 18.9. The zero-order valence-corrected chi connectivity index (χ0v) is 36.5. The molecule has 0 saturated heterocycles. The molecule has 4 atom stereocenters. The number of rotatable bonds is 30. The average Bonchev–Trinajstić information content (AvgIpc) is 3.22. The molecule has 47 heteroatoms. The van der Waals surface area contributed by atoms with Crippen LogP contribution in [0.2, 0.25) is 0 Å². The minimum Gasteiger partial charge on any atom is -0.390 e. The van der Waals surface area contributed by atoms with Gasteiger partial charge >= 0.3 is 119 Å². The van der Waals surface area contributed by atoms with E-state index in [1.807, 2.05) is 0 Å². The Morgan fingerprint density at radius 1 is 0.241 bits per heavy atom. The Labute approximate surface area is 406 Å². The molecule has 476 valence electrons. The van der Waals surface area contributed by atoms with Crippen LogP contribution >= 0.6 is 0 Å². The van der Waals surface area contributed by atoms with Crippen molar-refractivity contribution in [3.8, 4) is 0 Å². The smallest absolute Gasteiger partial charge is 0.390 e. The quantitative estimate of drug-likeness (QED) is 0.0702. The summed E-state index contributed by atoms with van der Waals surface area (Å²) in [5.41, 5.74) is 0. The summed E-state index contributed by atoms with van der Waals surface area (Å²) in [6, 6.07) is 0. The van der Waals surface area contributed by atoms with Crippen molar-refractivity contribution in [1.82, 2.24) is 0 Å². The van der Waals surface area contributed by atoms with E-state index < -0.39 is 183 Å². The second kappa shape index (κ2) is 21.5. The van der Waals surface area contributed by atoms with Crippen LogP contribution in [0, 0.1) is 0 Å². The van der Waals surface area contributed by atoms with Gasteiger partial charge in [0.05, 0.1) is 50.8 Å². The molecule has 0 aliphatic carbocycles. The first-order valence-corrected chi connectivity index (χ1v) is 18.9. The van der Waals surface area contributed by atoms with Crippen molar-refractivity contribution < 1.29 is 209 Å². The zero-order chi connectivity index (χ0) is 64.7. The maximum atomic E-state index is 14.2. The molecule has 0 bridgehead atoms. The Morgan fingerprint density at radius 2 is 0.392 bits per heavy atom. The summed E-state index contributed by atoms with van der Waals surface area (Å²) in [6.45, 7) is -5.33. The second-order valence-electron chi connectivity index (χ2n) is 16.1. The fourth-order valence-electron chi connectivity index (χ4n) is 5.19. The predicted octanol–water partition coefficient (Wildman–Crippen LogP) is 13.9. The summed E-state index contributed by atoms with van der Waals surface area (Å²) >= 11 is 0. The third-order valence-electron chi connectivity index (χ3n) is 9.99. The summed E-state index contributed by atoms with van der Waals surface area (Å²) in [5.74, 6) is -160. The van der Waals surface area contributed by atoms with Crippen LogP contribution in [0.15, 0.2) is 0 Å². The first-order chi connectivity index (χ1) is 33.8. The summed E-state index contributed by atoms with van der Waals surface area (Å²) in [5, 5.41) is 19.0. The first kappa shape index (κ1) is 75.9. The van der Waals surface area contributed by atoms with Gasteiger partial charge in [0, 0.05) is 12.8 Å². The van der Waals surface area contributed by atoms with Gasteiger partial charge in [0.2, 0.25) is 0 Å². The predicted molar refractivity (Wildman–Crippen MR) is 164 cm³/mol. The molecule has 5 nitrogen and oxygen atoms in total. The Hall–Kier alpha value is -3.14. The lowest BCUT2D eigenvalue weighted by molar-refractivity contribution is -0.474. The highest BCUT2D eigenvalue weighted by Crippen LogP contribution is 2.69. The van der Waals surface area contributed by atoms with E-state index in [2.05, 4.69) is 14.2 Å². The van der Waals surface area contributed by atoms with Crippen molar-refractivity contribution in [2.75, 3.05) is 26.4 Å². The van der Waals surface area contributed by atoms with Gasteiger partial charge in [-0.25, -0.2) is 0 Å². The van der Waals surface area contributed by atoms with Gasteiger partial charge in [0.15, 0.2) is 0 Å². The van der Waals surface area contributed by atoms with E-state index in [0.717, 1.165) is 0 Å². The van der Waals surface area contributed by atoms with Gasteiger partial charge in [-0.1, -0.05) is 0 Å². The van der Waals surface area contributed by atoms with Gasteiger partial charge in [-0.15, -0.1) is 0 Å². The molecular formula is C32H24F42O5. The van der Waals surface area contributed by atoms with Crippen molar-refractivity contribution in [2.45, 2.75) is 170 Å².